The maximum absolute atomic E-state index is 11.1. The number of imidazole rings is 3. The van der Waals surface area contributed by atoms with Crippen molar-refractivity contribution in [2.75, 3.05) is 32.3 Å². The van der Waals surface area contributed by atoms with Gasteiger partial charge in [-0.2, -0.15) is 13.1 Å². The fourth-order valence-electron chi connectivity index (χ4n) is 5.66. The molecule has 0 unspecified atom stereocenters. The fourth-order valence-corrected chi connectivity index (χ4v) is 6.84. The Kier molecular flexibility index (Phi) is 47.1. The Labute approximate surface area is 450 Å². The molecule has 3 aromatic heterocycles. The summed E-state index contributed by atoms with van der Waals surface area (Å²) in [6, 6.07) is 3.70. The van der Waals surface area contributed by atoms with Crippen molar-refractivity contribution in [1.82, 2.24) is 38.1 Å². The van der Waals surface area contributed by atoms with E-state index in [0.29, 0.717) is 36.3 Å². The van der Waals surface area contributed by atoms with Gasteiger partial charge in [0.05, 0.1) is 20.4 Å². The maximum Gasteiger partial charge on any atom is 1.00 e. The van der Waals surface area contributed by atoms with Crippen LogP contribution in [0.2, 0.25) is 0 Å². The Bertz CT molecular complexity index is 1790. The molecule has 384 valence electrons. The fraction of sp³-hybridized carbons (Fsp3) is 0.757. The van der Waals surface area contributed by atoms with Crippen LogP contribution >= 0.6 is 24.0 Å². The Morgan fingerprint density at radius 2 is 1.00 bits per heavy atom. The van der Waals surface area contributed by atoms with Crippen LogP contribution in [0.3, 0.4) is 0 Å². The van der Waals surface area contributed by atoms with Gasteiger partial charge in [-0.05, 0) is 83.1 Å². The van der Waals surface area contributed by atoms with Crippen LogP contribution in [0.5, 0.6) is 0 Å². The van der Waals surface area contributed by atoms with Crippen molar-refractivity contribution < 1.29 is 116 Å². The van der Waals surface area contributed by atoms with Gasteiger partial charge >= 0.3 is 61.8 Å². The number of aromatic nitrogens is 6. The zero-order valence-corrected chi connectivity index (χ0v) is 48.8. The van der Waals surface area contributed by atoms with Gasteiger partial charge in [0.1, 0.15) is 37.9 Å². The Balaban J connectivity index is -0.000000129. The number of hydrogen-bond donors (Lipinski definition) is 1. The Morgan fingerprint density at radius 3 is 1.12 bits per heavy atom. The van der Waals surface area contributed by atoms with Gasteiger partial charge in [0.2, 0.25) is 33.5 Å². The summed E-state index contributed by atoms with van der Waals surface area (Å²) in [5.41, 5.74) is 0. The van der Waals surface area contributed by atoms with E-state index in [1.807, 2.05) is 17.8 Å². The molecule has 28 heteroatoms. The first-order valence-electron chi connectivity index (χ1n) is 19.9. The molecule has 0 radical (unpaired) electrons. The van der Waals surface area contributed by atoms with Gasteiger partial charge in [-0.1, -0.05) is 3.89 Å². The van der Waals surface area contributed by atoms with Crippen LogP contribution in [0.4, 0.5) is 16.0 Å². The summed E-state index contributed by atoms with van der Waals surface area (Å²) in [6.07, 6.45) is 18.0. The molecule has 3 heterocycles. The third-order valence-corrected chi connectivity index (χ3v) is 10.3. The van der Waals surface area contributed by atoms with Gasteiger partial charge in [0.25, 0.3) is 0 Å². The van der Waals surface area contributed by atoms with E-state index in [2.05, 4.69) is 173 Å². The number of rotatable bonds is 18. The molecule has 0 aliphatic heterocycles. The summed E-state index contributed by atoms with van der Waals surface area (Å²) >= 11 is 5.64. The second-order valence-electron chi connectivity index (χ2n) is 15.4. The summed E-state index contributed by atoms with van der Waals surface area (Å²) in [7, 11) is -9.99. The summed E-state index contributed by atoms with van der Waals surface area (Å²) in [5.74, 6) is 0.732. The number of nitrogens with zero attached hydrogens (tertiary/aromatic N) is 10. The van der Waals surface area contributed by atoms with Crippen molar-refractivity contribution in [3.05, 3.63) is 60.3 Å². The second kappa shape index (κ2) is 40.3. The van der Waals surface area contributed by atoms with E-state index in [-0.39, 0.29) is 77.6 Å². The molecule has 0 fully saturated rings. The summed E-state index contributed by atoms with van der Waals surface area (Å²) in [6.45, 7) is 30.8. The molecule has 3 rings (SSSR count). The van der Waals surface area contributed by atoms with E-state index in [9.17, 15) is 41.3 Å². The third-order valence-electron chi connectivity index (χ3n) is 8.24. The van der Waals surface area contributed by atoms with Crippen molar-refractivity contribution in [2.45, 2.75) is 132 Å². The van der Waals surface area contributed by atoms with E-state index in [0.717, 1.165) is 47.5 Å². The summed E-state index contributed by atoms with van der Waals surface area (Å²) < 4.78 is 112. The van der Waals surface area contributed by atoms with Gasteiger partial charge in [-0.15, -0.1) is 31.8 Å². The molecule has 0 saturated heterocycles. The molecule has 0 aromatic carbocycles. The van der Waals surface area contributed by atoms with Crippen molar-refractivity contribution in [1.29, 1.82) is 0 Å². The number of halogens is 7. The average molecular weight is 1090 g/mol. The molecule has 0 spiro atoms. The molecule has 0 atom stereocenters. The van der Waals surface area contributed by atoms with E-state index >= 15 is 0 Å². The first-order chi connectivity index (χ1) is 28.3. The summed E-state index contributed by atoms with van der Waals surface area (Å²) in [5, 5.41) is 0. The molecule has 17 nitrogen and oxygen atoms in total. The Morgan fingerprint density at radius 1 is 0.677 bits per heavy atom. The van der Waals surface area contributed by atoms with Crippen LogP contribution in [0.15, 0.2) is 56.2 Å². The van der Waals surface area contributed by atoms with Crippen molar-refractivity contribution in [3.63, 3.8) is 0 Å². The van der Waals surface area contributed by atoms with Gasteiger partial charge < -0.3 is 21.1 Å². The van der Waals surface area contributed by atoms with Gasteiger partial charge in [0.15, 0.2) is 6.80 Å². The smallest absolute Gasteiger partial charge is 1.00 e. The van der Waals surface area contributed by atoms with Crippen LogP contribution < -0.4 is 77.6 Å². The third kappa shape index (κ3) is 47.0. The van der Waals surface area contributed by atoms with Gasteiger partial charge in [-0.3, -0.25) is 14.7 Å². The topological polar surface area (TPSA) is 174 Å². The predicted octanol–water partition coefficient (Wildman–Crippen LogP) is -0.191. The second-order valence-corrected chi connectivity index (χ2v) is 19.2. The molecule has 0 aliphatic rings. The van der Waals surface area contributed by atoms with Crippen molar-refractivity contribution >= 4 is 55.2 Å². The van der Waals surface area contributed by atoms with Crippen molar-refractivity contribution in [3.8, 4) is 0 Å². The van der Waals surface area contributed by atoms with Crippen molar-refractivity contribution in [2.24, 2.45) is 21.1 Å². The monoisotopic (exact) mass is 1090 g/mol. The average Bonchev–Trinajstić information content (AvgIpc) is 3.85. The number of hydrogen-bond acceptors (Lipinski definition) is 10. The molecule has 3 aromatic rings. The molecule has 65 heavy (non-hydrogen) atoms. The zero-order valence-electron chi connectivity index (χ0n) is 40.9. The summed E-state index contributed by atoms with van der Waals surface area (Å²) in [4.78, 5) is 11.2. The quantitative estimate of drug-likeness (QED) is 0.0450. The molecule has 0 bridgehead atoms. The molecule has 0 amide bonds. The van der Waals surface area contributed by atoms with E-state index in [1.165, 1.54) is 0 Å². The van der Waals surface area contributed by atoms with Crippen LogP contribution in [-0.2, 0) is 65.5 Å². The number of alkyl halides is 2. The number of aryl methyl sites for hydroxylation is 3. The van der Waals surface area contributed by atoms with Crippen LogP contribution in [-0.4, -0.2) is 127 Å². The van der Waals surface area contributed by atoms with Crippen LogP contribution in [0.1, 0.15) is 84.5 Å². The van der Waals surface area contributed by atoms with E-state index < -0.39 is 38.0 Å². The molecule has 1 N–H and O–H groups in total. The minimum absolute atomic E-state index is 0. The van der Waals surface area contributed by atoms with E-state index in [1.54, 1.807) is 12.5 Å². The SMILES string of the molecule is CC(C)N(CCCl)C(C)C.CC(C)N(CCn1cc[n+](C)c1)C(C)C.CC(C)N(CCn1cc[n+](C)c1)C(C)C.Cl.Cn1ccnc1.O=S(=O)(F)NCF.O=S(=O)(F)[N-]S(=O)(=O)F.[3HH].[Cl-].[K+]. The predicted molar refractivity (Wildman–Crippen MR) is 248 cm³/mol. The molecule has 0 saturated carbocycles. The number of nitrogens with one attached hydrogen (secondary N) is 1. The van der Waals surface area contributed by atoms with Crippen LogP contribution in [0, 0.1) is 0 Å². The molecule has 0 aliphatic carbocycles. The maximum atomic E-state index is 11.1. The standard InChI is InChI=1S/2C12H24N3.C8H18ClN.C4H6N2.CH3F2NO2S.2ClH.F2NO4S2.K.H2/c2*1-11(2)15(12(3)4)9-8-14-7-6-13(5)10-14;1-7(2)10(6-5-9)8(3)4;1-6-3-2-5-4-6;2-1-4-7(3,5)6;;;1-8(4,5)3-9(2,6)7;;/h2*6-7,10-12H,8-9H2,1-5H3;7-8H,5-6H2,1-4H3;2-4H,1H3;4H,1H2;2*1H;;;1H/q2*+1;;;;;;-1;+1;/p-1/i;;;;;;;;;1+2. The molecular formula is C37H78Cl3F4KN11O6S3+. The minimum Gasteiger partial charge on any atom is -1.00 e. The first kappa shape index (κ1) is 76.0. The molecular weight excluding hydrogens is 1010 g/mol. The van der Waals surface area contributed by atoms with E-state index in [4.69, 9.17) is 11.6 Å². The Hall–Kier alpha value is -0.494. The normalized spacial score (nSPS) is 11.3. The van der Waals surface area contributed by atoms with Gasteiger partial charge in [0, 0.05) is 82.6 Å². The largest absolute Gasteiger partial charge is 1.00 e. The van der Waals surface area contributed by atoms with Gasteiger partial charge in [-0.25, -0.2) is 44.5 Å². The van der Waals surface area contributed by atoms with Crippen LogP contribution in [0.25, 0.3) is 4.13 Å². The zero-order chi connectivity index (χ0) is 49.0. The minimum atomic E-state index is -5.62. The first-order valence-corrected chi connectivity index (χ1v) is 24.5.